The van der Waals surface area contributed by atoms with Crippen LogP contribution < -0.4 is 10.6 Å². The summed E-state index contributed by atoms with van der Waals surface area (Å²) in [5, 5.41) is 7.95. The second-order valence-corrected chi connectivity index (χ2v) is 8.21. The van der Waals surface area contributed by atoms with Gasteiger partial charge in [-0.25, -0.2) is 0 Å². The van der Waals surface area contributed by atoms with E-state index in [0.717, 1.165) is 43.9 Å². The molecule has 3 heterocycles. The van der Waals surface area contributed by atoms with Gasteiger partial charge in [0.2, 0.25) is 5.91 Å². The molecule has 1 amide bonds. The first-order chi connectivity index (χ1) is 13.6. The molecule has 0 unspecified atom stereocenters. The molecule has 5 rings (SSSR count). The SMILES string of the molecule is Cc1c(CN2CCC3(CC2)Nc2ccccc2NC3=O)[nH]c2c(C)cccc12. The van der Waals surface area contributed by atoms with Crippen molar-refractivity contribution in [3.8, 4) is 0 Å². The number of aromatic amines is 1. The van der Waals surface area contributed by atoms with Crippen molar-refractivity contribution in [2.75, 3.05) is 23.7 Å². The number of fused-ring (bicyclic) bond motifs is 2. The highest BCUT2D eigenvalue weighted by Gasteiger charge is 2.44. The zero-order valence-electron chi connectivity index (χ0n) is 16.4. The lowest BCUT2D eigenvalue weighted by molar-refractivity contribution is -0.122. The second-order valence-electron chi connectivity index (χ2n) is 8.21. The van der Waals surface area contributed by atoms with Gasteiger partial charge < -0.3 is 15.6 Å². The first kappa shape index (κ1) is 17.3. The number of carbonyl (C=O) groups excluding carboxylic acids is 1. The van der Waals surface area contributed by atoms with Gasteiger partial charge in [0.15, 0.2) is 0 Å². The summed E-state index contributed by atoms with van der Waals surface area (Å²) in [6, 6.07) is 14.4. The number of rotatable bonds is 2. The van der Waals surface area contributed by atoms with E-state index in [2.05, 4.69) is 52.6 Å². The topological polar surface area (TPSA) is 60.2 Å². The summed E-state index contributed by atoms with van der Waals surface area (Å²) in [5.41, 5.74) is 6.56. The zero-order chi connectivity index (χ0) is 19.3. The number of aryl methyl sites for hydroxylation is 2. The Bertz CT molecular complexity index is 1060. The van der Waals surface area contributed by atoms with Gasteiger partial charge in [0.1, 0.15) is 5.54 Å². The molecule has 0 radical (unpaired) electrons. The summed E-state index contributed by atoms with van der Waals surface area (Å²) >= 11 is 0. The molecule has 144 valence electrons. The van der Waals surface area contributed by atoms with Gasteiger partial charge in [0, 0.05) is 36.2 Å². The van der Waals surface area contributed by atoms with Gasteiger partial charge in [0.25, 0.3) is 0 Å². The number of para-hydroxylation sites is 3. The number of hydrogen-bond acceptors (Lipinski definition) is 3. The van der Waals surface area contributed by atoms with Crippen molar-refractivity contribution >= 4 is 28.2 Å². The fourth-order valence-electron chi connectivity index (χ4n) is 4.64. The molecule has 2 aliphatic rings. The largest absolute Gasteiger partial charge is 0.369 e. The van der Waals surface area contributed by atoms with Crippen LogP contribution in [0.2, 0.25) is 0 Å². The molecule has 0 bridgehead atoms. The van der Waals surface area contributed by atoms with Crippen LogP contribution in [0.3, 0.4) is 0 Å². The van der Waals surface area contributed by atoms with Crippen LogP contribution in [0.5, 0.6) is 0 Å². The highest BCUT2D eigenvalue weighted by molar-refractivity contribution is 6.06. The van der Waals surface area contributed by atoms with Crippen LogP contribution in [-0.2, 0) is 11.3 Å². The second kappa shape index (κ2) is 6.38. The van der Waals surface area contributed by atoms with E-state index in [0.29, 0.717) is 0 Å². The Balaban J connectivity index is 1.32. The van der Waals surface area contributed by atoms with Crippen LogP contribution in [0.1, 0.15) is 29.7 Å². The molecule has 2 aromatic carbocycles. The zero-order valence-corrected chi connectivity index (χ0v) is 16.4. The number of anilines is 2. The molecule has 2 aliphatic heterocycles. The number of aromatic nitrogens is 1. The average Bonchev–Trinajstić information content (AvgIpc) is 3.02. The molecule has 0 saturated carbocycles. The van der Waals surface area contributed by atoms with Crippen molar-refractivity contribution in [3.63, 3.8) is 0 Å². The number of amides is 1. The average molecular weight is 374 g/mol. The van der Waals surface area contributed by atoms with Crippen molar-refractivity contribution in [3.05, 3.63) is 59.3 Å². The lowest BCUT2D eigenvalue weighted by Gasteiger charge is -2.44. The van der Waals surface area contributed by atoms with E-state index in [1.165, 1.54) is 27.7 Å². The van der Waals surface area contributed by atoms with Gasteiger partial charge >= 0.3 is 0 Å². The molecule has 3 N–H and O–H groups in total. The number of benzene rings is 2. The first-order valence-electron chi connectivity index (χ1n) is 10.0. The number of hydrogen-bond donors (Lipinski definition) is 3. The van der Waals surface area contributed by atoms with Gasteiger partial charge in [-0.1, -0.05) is 30.3 Å². The van der Waals surface area contributed by atoms with E-state index in [9.17, 15) is 4.79 Å². The van der Waals surface area contributed by atoms with E-state index in [1.54, 1.807) is 0 Å². The maximum absolute atomic E-state index is 12.8. The molecule has 0 atom stereocenters. The van der Waals surface area contributed by atoms with Gasteiger partial charge in [-0.05, 0) is 49.9 Å². The lowest BCUT2D eigenvalue weighted by atomic mass is 9.84. The molecule has 0 aliphatic carbocycles. The van der Waals surface area contributed by atoms with Crippen LogP contribution in [0.15, 0.2) is 42.5 Å². The maximum Gasteiger partial charge on any atom is 0.250 e. The first-order valence-corrected chi connectivity index (χ1v) is 10.0. The number of H-pyrrole nitrogens is 1. The van der Waals surface area contributed by atoms with Gasteiger partial charge in [-0.2, -0.15) is 0 Å². The molecule has 1 fully saturated rings. The summed E-state index contributed by atoms with van der Waals surface area (Å²) in [6.45, 7) is 7.05. The minimum absolute atomic E-state index is 0.100. The van der Waals surface area contributed by atoms with E-state index < -0.39 is 5.54 Å². The van der Waals surface area contributed by atoms with Crippen LogP contribution in [0.4, 0.5) is 11.4 Å². The molecular weight excluding hydrogens is 348 g/mol. The van der Waals surface area contributed by atoms with Gasteiger partial charge in [0.05, 0.1) is 11.4 Å². The van der Waals surface area contributed by atoms with Crippen molar-refractivity contribution < 1.29 is 4.79 Å². The maximum atomic E-state index is 12.8. The smallest absolute Gasteiger partial charge is 0.250 e. The fourth-order valence-corrected chi connectivity index (χ4v) is 4.64. The normalized spacial score (nSPS) is 18.7. The van der Waals surface area contributed by atoms with Crippen molar-refractivity contribution in [1.82, 2.24) is 9.88 Å². The summed E-state index contributed by atoms with van der Waals surface area (Å²) in [6.07, 6.45) is 1.62. The molecule has 5 heteroatoms. The van der Waals surface area contributed by atoms with Crippen LogP contribution in [0, 0.1) is 13.8 Å². The Morgan fingerprint density at radius 1 is 1.00 bits per heavy atom. The highest BCUT2D eigenvalue weighted by atomic mass is 16.2. The van der Waals surface area contributed by atoms with Crippen LogP contribution in [0.25, 0.3) is 10.9 Å². The van der Waals surface area contributed by atoms with Crippen LogP contribution in [-0.4, -0.2) is 34.4 Å². The predicted octanol–water partition coefficient (Wildman–Crippen LogP) is 4.18. The van der Waals surface area contributed by atoms with Crippen molar-refractivity contribution in [2.24, 2.45) is 0 Å². The Labute approximate surface area is 165 Å². The third kappa shape index (κ3) is 2.69. The predicted molar refractivity (Wildman–Crippen MR) is 114 cm³/mol. The monoisotopic (exact) mass is 374 g/mol. The lowest BCUT2D eigenvalue weighted by Crippen LogP contribution is -2.58. The molecule has 1 aromatic heterocycles. The molecule has 5 nitrogen and oxygen atoms in total. The Morgan fingerprint density at radius 2 is 1.75 bits per heavy atom. The standard InChI is InChI=1S/C23H26N4O/c1-15-6-5-7-17-16(2)20(24-21(15)17)14-27-12-10-23(11-13-27)22(28)25-18-8-3-4-9-19(18)26-23/h3-9,24,26H,10-14H2,1-2H3,(H,25,28). The summed E-state index contributed by atoms with van der Waals surface area (Å²) in [5.74, 6) is 0.100. The summed E-state index contributed by atoms with van der Waals surface area (Å²) < 4.78 is 0. The molecule has 1 saturated heterocycles. The van der Waals surface area contributed by atoms with E-state index in [-0.39, 0.29) is 5.91 Å². The number of nitrogens with one attached hydrogen (secondary N) is 3. The summed E-state index contributed by atoms with van der Waals surface area (Å²) in [7, 11) is 0. The van der Waals surface area contributed by atoms with E-state index in [1.807, 2.05) is 24.3 Å². The highest BCUT2D eigenvalue weighted by Crippen LogP contribution is 2.36. The molecule has 1 spiro atoms. The van der Waals surface area contributed by atoms with Crippen LogP contribution >= 0.6 is 0 Å². The third-order valence-corrected chi connectivity index (χ3v) is 6.48. The number of piperidine rings is 1. The summed E-state index contributed by atoms with van der Waals surface area (Å²) in [4.78, 5) is 18.9. The van der Waals surface area contributed by atoms with E-state index in [4.69, 9.17) is 0 Å². The van der Waals surface area contributed by atoms with Gasteiger partial charge in [-0.3, -0.25) is 9.69 Å². The minimum atomic E-state index is -0.489. The fraction of sp³-hybridized carbons (Fsp3) is 0.348. The third-order valence-electron chi connectivity index (χ3n) is 6.48. The van der Waals surface area contributed by atoms with E-state index >= 15 is 0 Å². The number of likely N-dealkylation sites (tertiary alicyclic amines) is 1. The van der Waals surface area contributed by atoms with Crippen molar-refractivity contribution in [1.29, 1.82) is 0 Å². The molecular formula is C23H26N4O. The number of nitrogens with zero attached hydrogens (tertiary/aromatic N) is 1. The van der Waals surface area contributed by atoms with Crippen molar-refractivity contribution in [2.45, 2.75) is 38.8 Å². The number of carbonyl (C=O) groups is 1. The molecule has 28 heavy (non-hydrogen) atoms. The minimum Gasteiger partial charge on any atom is -0.369 e. The quantitative estimate of drug-likeness (QED) is 0.630. The Kier molecular flexibility index (Phi) is 3.95. The van der Waals surface area contributed by atoms with Gasteiger partial charge in [-0.15, -0.1) is 0 Å². The Hall–Kier alpha value is -2.79. The molecule has 3 aromatic rings. The Morgan fingerprint density at radius 3 is 2.50 bits per heavy atom.